The quantitative estimate of drug-likeness (QED) is 0.739. The van der Waals surface area contributed by atoms with E-state index in [-0.39, 0.29) is 12.1 Å². The molecule has 0 radical (unpaired) electrons. The SMILES string of the molecule is CNC(C)(CO)CN1CCCCCCC1. The third-order valence-electron chi connectivity index (χ3n) is 3.47. The van der Waals surface area contributed by atoms with Gasteiger partial charge in [-0.2, -0.15) is 0 Å². The summed E-state index contributed by atoms with van der Waals surface area (Å²) in [6, 6.07) is 0. The summed E-state index contributed by atoms with van der Waals surface area (Å²) in [6.07, 6.45) is 6.76. The van der Waals surface area contributed by atoms with Gasteiger partial charge in [-0.3, -0.25) is 0 Å². The van der Waals surface area contributed by atoms with Crippen molar-refractivity contribution in [2.75, 3.05) is 33.3 Å². The van der Waals surface area contributed by atoms with Crippen molar-refractivity contribution in [1.82, 2.24) is 10.2 Å². The van der Waals surface area contributed by atoms with Crippen molar-refractivity contribution in [3.63, 3.8) is 0 Å². The highest BCUT2D eigenvalue weighted by Crippen LogP contribution is 2.13. The van der Waals surface area contributed by atoms with E-state index in [9.17, 15) is 5.11 Å². The maximum absolute atomic E-state index is 9.35. The maximum Gasteiger partial charge on any atom is 0.0623 e. The lowest BCUT2D eigenvalue weighted by molar-refractivity contribution is 0.120. The summed E-state index contributed by atoms with van der Waals surface area (Å²) in [4.78, 5) is 2.49. The van der Waals surface area contributed by atoms with Gasteiger partial charge in [-0.25, -0.2) is 0 Å². The van der Waals surface area contributed by atoms with Crippen LogP contribution in [0.5, 0.6) is 0 Å². The molecular weight excluding hydrogens is 188 g/mol. The second kappa shape index (κ2) is 6.46. The first-order valence-corrected chi connectivity index (χ1v) is 6.22. The van der Waals surface area contributed by atoms with Crippen molar-refractivity contribution in [2.24, 2.45) is 0 Å². The normalized spacial score (nSPS) is 24.2. The Labute approximate surface area is 93.9 Å². The van der Waals surface area contributed by atoms with Gasteiger partial charge >= 0.3 is 0 Å². The highest BCUT2D eigenvalue weighted by Gasteiger charge is 2.24. The number of nitrogens with one attached hydrogen (secondary N) is 1. The van der Waals surface area contributed by atoms with E-state index >= 15 is 0 Å². The van der Waals surface area contributed by atoms with Crippen LogP contribution in [-0.4, -0.2) is 48.8 Å². The van der Waals surface area contributed by atoms with Gasteiger partial charge in [-0.15, -0.1) is 0 Å². The molecule has 0 aromatic rings. The van der Waals surface area contributed by atoms with Crippen LogP contribution in [0.1, 0.15) is 39.0 Å². The Morgan fingerprint density at radius 2 is 1.67 bits per heavy atom. The molecule has 1 unspecified atom stereocenters. The minimum absolute atomic E-state index is 0.140. The molecule has 1 heterocycles. The second-order valence-electron chi connectivity index (χ2n) is 5.01. The molecule has 1 rings (SSSR count). The van der Waals surface area contributed by atoms with Crippen molar-refractivity contribution in [3.8, 4) is 0 Å². The molecule has 1 aliphatic heterocycles. The fourth-order valence-corrected chi connectivity index (χ4v) is 2.17. The van der Waals surface area contributed by atoms with E-state index in [4.69, 9.17) is 0 Å². The largest absolute Gasteiger partial charge is 0.394 e. The summed E-state index contributed by atoms with van der Waals surface area (Å²) in [5, 5.41) is 12.6. The molecule has 0 spiro atoms. The second-order valence-corrected chi connectivity index (χ2v) is 5.01. The highest BCUT2D eigenvalue weighted by molar-refractivity contribution is 4.84. The number of nitrogens with zero attached hydrogens (tertiary/aromatic N) is 1. The lowest BCUT2D eigenvalue weighted by Crippen LogP contribution is -2.53. The molecule has 2 N–H and O–H groups in total. The van der Waals surface area contributed by atoms with E-state index in [1.807, 2.05) is 7.05 Å². The van der Waals surface area contributed by atoms with Gasteiger partial charge in [0, 0.05) is 6.54 Å². The minimum atomic E-state index is -0.140. The standard InChI is InChI=1S/C12H26N2O/c1-12(11-15,13-2)10-14-8-6-4-3-5-7-9-14/h13,15H,3-11H2,1-2H3. The van der Waals surface area contributed by atoms with Gasteiger partial charge in [0.05, 0.1) is 12.1 Å². The first-order valence-electron chi connectivity index (χ1n) is 6.22. The fraction of sp³-hybridized carbons (Fsp3) is 1.00. The monoisotopic (exact) mass is 214 g/mol. The zero-order chi connectivity index (χ0) is 11.1. The van der Waals surface area contributed by atoms with E-state index in [0.29, 0.717) is 0 Å². The number of likely N-dealkylation sites (tertiary alicyclic amines) is 1. The third-order valence-corrected chi connectivity index (χ3v) is 3.47. The molecule has 1 atom stereocenters. The predicted molar refractivity (Wildman–Crippen MR) is 64.1 cm³/mol. The van der Waals surface area contributed by atoms with Gasteiger partial charge < -0.3 is 15.3 Å². The van der Waals surface area contributed by atoms with Crippen LogP contribution < -0.4 is 5.32 Å². The molecular formula is C12H26N2O. The molecule has 0 bridgehead atoms. The Morgan fingerprint density at radius 3 is 2.13 bits per heavy atom. The number of aliphatic hydroxyl groups excluding tert-OH is 1. The fourth-order valence-electron chi connectivity index (χ4n) is 2.17. The average molecular weight is 214 g/mol. The summed E-state index contributed by atoms with van der Waals surface area (Å²) >= 11 is 0. The third kappa shape index (κ3) is 4.49. The van der Waals surface area contributed by atoms with Crippen LogP contribution in [0.15, 0.2) is 0 Å². The molecule has 1 saturated heterocycles. The van der Waals surface area contributed by atoms with Crippen LogP contribution in [0.3, 0.4) is 0 Å². The number of rotatable bonds is 4. The van der Waals surface area contributed by atoms with E-state index in [2.05, 4.69) is 17.1 Å². The molecule has 1 aliphatic rings. The Kier molecular flexibility index (Phi) is 5.58. The molecule has 15 heavy (non-hydrogen) atoms. The zero-order valence-electron chi connectivity index (χ0n) is 10.3. The predicted octanol–water partition coefficient (Wildman–Crippen LogP) is 1.22. The van der Waals surface area contributed by atoms with Crippen LogP contribution in [0.25, 0.3) is 0 Å². The van der Waals surface area contributed by atoms with Crippen molar-refractivity contribution in [1.29, 1.82) is 0 Å². The Bertz CT molecular complexity index is 161. The lowest BCUT2D eigenvalue weighted by Gasteiger charge is -2.34. The van der Waals surface area contributed by atoms with Crippen molar-refractivity contribution in [3.05, 3.63) is 0 Å². The number of hydrogen-bond donors (Lipinski definition) is 2. The first kappa shape index (κ1) is 12.9. The van der Waals surface area contributed by atoms with Crippen LogP contribution in [0.2, 0.25) is 0 Å². The van der Waals surface area contributed by atoms with Crippen molar-refractivity contribution >= 4 is 0 Å². The van der Waals surface area contributed by atoms with Crippen molar-refractivity contribution in [2.45, 2.75) is 44.6 Å². The Hall–Kier alpha value is -0.120. The number of likely N-dealkylation sites (N-methyl/N-ethyl adjacent to an activating group) is 1. The zero-order valence-corrected chi connectivity index (χ0v) is 10.3. The van der Waals surface area contributed by atoms with E-state index in [0.717, 1.165) is 6.54 Å². The van der Waals surface area contributed by atoms with Crippen LogP contribution >= 0.6 is 0 Å². The highest BCUT2D eigenvalue weighted by atomic mass is 16.3. The van der Waals surface area contributed by atoms with Crippen molar-refractivity contribution < 1.29 is 5.11 Å². The maximum atomic E-state index is 9.35. The topological polar surface area (TPSA) is 35.5 Å². The molecule has 0 saturated carbocycles. The molecule has 3 nitrogen and oxygen atoms in total. The van der Waals surface area contributed by atoms with Gasteiger partial charge in [-0.05, 0) is 39.9 Å². The molecule has 0 aliphatic carbocycles. The average Bonchev–Trinajstić information content (AvgIpc) is 2.22. The summed E-state index contributed by atoms with van der Waals surface area (Å²) in [7, 11) is 1.93. The molecule has 90 valence electrons. The molecule has 0 aromatic heterocycles. The Morgan fingerprint density at radius 1 is 1.13 bits per heavy atom. The molecule has 1 fully saturated rings. The first-order chi connectivity index (χ1) is 7.20. The molecule has 0 aromatic carbocycles. The molecule has 0 amide bonds. The summed E-state index contributed by atoms with van der Waals surface area (Å²) in [5.74, 6) is 0. The number of aliphatic hydroxyl groups is 1. The van der Waals surface area contributed by atoms with Crippen LogP contribution in [0.4, 0.5) is 0 Å². The number of hydrogen-bond acceptors (Lipinski definition) is 3. The van der Waals surface area contributed by atoms with Gasteiger partial charge in [-0.1, -0.05) is 19.3 Å². The Balaban J connectivity index is 2.39. The smallest absolute Gasteiger partial charge is 0.0623 e. The minimum Gasteiger partial charge on any atom is -0.394 e. The molecule has 3 heteroatoms. The van der Waals surface area contributed by atoms with E-state index in [1.165, 1.54) is 45.2 Å². The summed E-state index contributed by atoms with van der Waals surface area (Å²) < 4.78 is 0. The van der Waals surface area contributed by atoms with Gasteiger partial charge in [0.25, 0.3) is 0 Å². The summed E-state index contributed by atoms with van der Waals surface area (Å²) in [5.41, 5.74) is -0.140. The lowest BCUT2D eigenvalue weighted by atomic mass is 10.0. The van der Waals surface area contributed by atoms with E-state index in [1.54, 1.807) is 0 Å². The van der Waals surface area contributed by atoms with E-state index < -0.39 is 0 Å². The van der Waals surface area contributed by atoms with Gasteiger partial charge in [0.2, 0.25) is 0 Å². The van der Waals surface area contributed by atoms with Crippen LogP contribution in [0, 0.1) is 0 Å². The van der Waals surface area contributed by atoms with Gasteiger partial charge in [0.1, 0.15) is 0 Å². The van der Waals surface area contributed by atoms with Crippen LogP contribution in [-0.2, 0) is 0 Å². The van der Waals surface area contributed by atoms with Gasteiger partial charge in [0.15, 0.2) is 0 Å². The summed E-state index contributed by atoms with van der Waals surface area (Å²) in [6.45, 7) is 5.64.